The molecule has 25 N–H and O–H groups in total. The quantitative estimate of drug-likeness (QED) is 0.0135. The number of piperidine rings is 1. The predicted octanol–water partition coefficient (Wildman–Crippen LogP) is -3.23. The number of carboxylic acids is 1. The fraction of sp³-hybridized carbons (Fsp3) is 0.505. The molecule has 3 aliphatic heterocycles. The minimum Gasteiger partial charge on any atom is -0.481 e. The number of aliphatic carboxylic acids is 1. The van der Waals surface area contributed by atoms with E-state index in [1.165, 1.54) is 18.7 Å². The summed E-state index contributed by atoms with van der Waals surface area (Å²) in [7, 11) is 1.57. The number of aromatic nitrogens is 2. The zero-order chi connectivity index (χ0) is 98.2. The van der Waals surface area contributed by atoms with Crippen LogP contribution in [0.25, 0.3) is 32.6 Å². The average molecular weight is 1930 g/mol. The number of H-pyrrole nitrogens is 2. The van der Waals surface area contributed by atoms with Gasteiger partial charge in [-0.15, -0.1) is 0 Å². The molecule has 18 amide bonds. The summed E-state index contributed by atoms with van der Waals surface area (Å²) in [5.74, 6) is -21.4. The summed E-state index contributed by atoms with van der Waals surface area (Å²) in [5.41, 5.74) is 14.6. The third-order valence-electron chi connectivity index (χ3n) is 24.2. The highest BCUT2D eigenvalue weighted by Gasteiger charge is 2.43. The molecular weight excluding hydrogens is 1800 g/mol. The molecule has 1 aliphatic carbocycles. The van der Waals surface area contributed by atoms with Crippen molar-refractivity contribution in [1.29, 1.82) is 0 Å². The summed E-state index contributed by atoms with van der Waals surface area (Å²) in [6.07, 6.45) is 1.99. The zero-order valence-corrected chi connectivity index (χ0v) is 77.3. The van der Waals surface area contributed by atoms with Crippen LogP contribution in [0.2, 0.25) is 0 Å². The lowest BCUT2D eigenvalue weighted by atomic mass is 9.83. The van der Waals surface area contributed by atoms with Gasteiger partial charge in [0.05, 0.1) is 38.6 Å². The van der Waals surface area contributed by atoms with Crippen LogP contribution in [0.15, 0.2) is 103 Å². The lowest BCUT2D eigenvalue weighted by Gasteiger charge is -2.33. The SMILES string of the molecule is CC(=O)NCC(=O)N[C@@H](CO)C(=O)NCC(=O)NCCCC[C@@H]1NC(=O)[C@H](Cc2ccc3ccccc3c2)NC(=O)[C@H](CC(N)=O)NC(=O)[C@H](CC2CCNCC2)NC(=O)[C@@H](NC(=O)[C@@H](NC(=O)[C@@H](NC(=O)[C@H](Cc2c[nH]c3ccccc23)NC(C)=O)[C@@H](C)O)C2CCCCC2)CSSC[C@@H](C(=O)N[C@@H](Cc2c[nH]c3ccccc23)C(=O)N2CCC[C@H]2C(N)=O)NC(=O)[C@H](CC(=O)O)NC1=O. The number of unbranched alkanes of at least 4 members (excludes halogenated alkanes) is 1. The molecule has 1 saturated carbocycles. The summed E-state index contributed by atoms with van der Waals surface area (Å²) < 4.78 is 0. The van der Waals surface area contributed by atoms with Gasteiger partial charge in [0.25, 0.3) is 0 Å². The Hall–Kier alpha value is -13.3. The number of hydrogen-bond acceptors (Lipinski definition) is 24. The molecule has 4 fully saturated rings. The Bertz CT molecular complexity index is 5330. The molecule has 734 valence electrons. The summed E-state index contributed by atoms with van der Waals surface area (Å²) >= 11 is 0. The number of nitrogens with one attached hydrogen (secondary N) is 18. The lowest BCUT2D eigenvalue weighted by Crippen LogP contribution is -2.63. The first kappa shape index (κ1) is 105. The van der Waals surface area contributed by atoms with E-state index in [4.69, 9.17) is 11.5 Å². The van der Waals surface area contributed by atoms with Crippen molar-refractivity contribution in [2.75, 3.05) is 57.4 Å². The number of aromatic amines is 2. The summed E-state index contributed by atoms with van der Waals surface area (Å²) in [6.45, 7) is 2.25. The number of hydrogen-bond donors (Lipinski definition) is 23. The minimum atomic E-state index is -2.16. The third-order valence-corrected chi connectivity index (χ3v) is 26.6. The number of rotatable bonds is 37. The normalized spacial score (nSPS) is 21.2. The van der Waals surface area contributed by atoms with E-state index in [0.29, 0.717) is 91.0 Å². The number of benzene rings is 4. The maximum Gasteiger partial charge on any atom is 0.305 e. The van der Waals surface area contributed by atoms with Crippen LogP contribution in [0.3, 0.4) is 0 Å². The fourth-order valence-corrected chi connectivity index (χ4v) is 19.3. The first-order chi connectivity index (χ1) is 65.1. The molecule has 5 heterocycles. The van der Waals surface area contributed by atoms with Crippen molar-refractivity contribution < 1.29 is 106 Å². The van der Waals surface area contributed by atoms with Gasteiger partial charge in [0.2, 0.25) is 106 Å². The molecule has 4 aliphatic rings. The molecule has 0 unspecified atom stereocenters. The number of fused-ring (bicyclic) bond motifs is 3. The predicted molar refractivity (Wildman–Crippen MR) is 500 cm³/mol. The van der Waals surface area contributed by atoms with E-state index in [1.807, 2.05) is 18.2 Å². The number of para-hydroxylation sites is 2. The number of carbonyl (C=O) groups is 19. The standard InChI is InChI=1S/C91H121N21O22S2/c1-48(114)77(110-86(129)65(100-50(3)116)37-56-41-97-60-22-11-9-20-58(56)60)89(132)111-78(54-17-5-4-6-18-54)90(133)109-71-47-136-135-46-70(88(131)107-68(91(134)112-33-15-25-72(112)79(93)122)38-57-42-98-61-23-12-10-21-59(57)61)108-85(128)67(40-76(120)121)106-81(124)62(24-13-14-30-95-74(118)43-99-80(123)69(45-113)101-75(119)44-96-49(2)115)102-82(125)64(36-52-26-27-53-16-7-8-19-55(53)34-52)103-84(127)66(39-73(92)117)105-83(126)63(104-87(71)130)35-51-28-31-94-32-29-51/h7-12,16,19-23,26-27,34,41-42,48,51,54,62-72,77-78,94,97-98,113-114H,4-6,13-15,17-18,24-25,28-33,35-40,43-47H2,1-3H3,(H2,92,117)(H2,93,122)(H,95,118)(H,96,115)(H,99,123)(H,100,116)(H,101,119)(H,102,125)(H,103,127)(H,104,130)(H,105,126)(H,106,124)(H,107,131)(H,108,128)(H,109,133)(H,110,129)(H,111,132)(H,120,121)/t48-,62+,63+,64+,65+,66+,67+,68+,69+,70+,71+,72+,77+,78+/m1/s1. The van der Waals surface area contributed by atoms with Gasteiger partial charge in [-0.2, -0.15) is 0 Å². The van der Waals surface area contributed by atoms with Crippen LogP contribution in [-0.2, 0) is 110 Å². The molecule has 6 aromatic rings. The molecule has 136 heavy (non-hydrogen) atoms. The van der Waals surface area contributed by atoms with E-state index in [1.54, 1.807) is 85.2 Å². The van der Waals surface area contributed by atoms with Gasteiger partial charge in [0.1, 0.15) is 78.5 Å². The number of primary amides is 2. The van der Waals surface area contributed by atoms with Gasteiger partial charge in [-0.05, 0) is 136 Å². The van der Waals surface area contributed by atoms with Crippen molar-refractivity contribution in [2.24, 2.45) is 23.3 Å². The monoisotopic (exact) mass is 1920 g/mol. The highest BCUT2D eigenvalue weighted by atomic mass is 33.1. The van der Waals surface area contributed by atoms with E-state index in [0.717, 1.165) is 51.2 Å². The second-order valence-corrected chi connectivity index (χ2v) is 37.1. The van der Waals surface area contributed by atoms with Gasteiger partial charge in [-0.1, -0.05) is 120 Å². The number of likely N-dealkylation sites (tertiary alicyclic amines) is 1. The number of aliphatic hydroxyl groups is 2. The fourth-order valence-electron chi connectivity index (χ4n) is 17.0. The molecule has 0 spiro atoms. The van der Waals surface area contributed by atoms with Crippen LogP contribution < -0.4 is 96.5 Å². The smallest absolute Gasteiger partial charge is 0.305 e. The second-order valence-electron chi connectivity index (χ2n) is 34.5. The zero-order valence-electron chi connectivity index (χ0n) is 75.7. The summed E-state index contributed by atoms with van der Waals surface area (Å²) in [5, 5.41) is 76.3. The van der Waals surface area contributed by atoms with Crippen molar-refractivity contribution in [3.63, 3.8) is 0 Å². The molecule has 45 heteroatoms. The highest BCUT2D eigenvalue weighted by molar-refractivity contribution is 8.76. The van der Waals surface area contributed by atoms with Crippen LogP contribution >= 0.6 is 21.6 Å². The van der Waals surface area contributed by atoms with E-state index in [-0.39, 0.29) is 57.5 Å². The van der Waals surface area contributed by atoms with Crippen molar-refractivity contribution in [3.8, 4) is 0 Å². The van der Waals surface area contributed by atoms with Crippen molar-refractivity contribution in [2.45, 2.75) is 221 Å². The molecular formula is C91H121N21O22S2. The lowest BCUT2D eigenvalue weighted by molar-refractivity contribution is -0.142. The van der Waals surface area contributed by atoms with Crippen molar-refractivity contribution >= 4 is 166 Å². The first-order valence-corrected chi connectivity index (χ1v) is 47.9. The summed E-state index contributed by atoms with van der Waals surface area (Å²) in [6, 6.07) is 4.55. The second kappa shape index (κ2) is 51.4. The Balaban J connectivity index is 1.02. The number of nitrogens with two attached hydrogens (primary N) is 2. The maximum absolute atomic E-state index is 15.8. The number of aliphatic hydroxyl groups excluding tert-OH is 2. The molecule has 43 nitrogen and oxygen atoms in total. The van der Waals surface area contributed by atoms with Gasteiger partial charge in [-0.3, -0.25) is 91.1 Å². The molecule has 3 saturated heterocycles. The van der Waals surface area contributed by atoms with E-state index < -0.39 is 260 Å². The largest absolute Gasteiger partial charge is 0.481 e. The molecule has 10 rings (SSSR count). The molecule has 0 radical (unpaired) electrons. The van der Waals surface area contributed by atoms with E-state index in [9.17, 15) is 63.3 Å². The highest BCUT2D eigenvalue weighted by Crippen LogP contribution is 2.31. The number of nitrogens with zero attached hydrogens (tertiary/aromatic N) is 1. The van der Waals surface area contributed by atoms with E-state index >= 15 is 43.2 Å². The molecule has 14 atom stereocenters. The Morgan fingerprint density at radius 3 is 1.76 bits per heavy atom. The molecule has 0 bridgehead atoms. The van der Waals surface area contributed by atoms with Gasteiger partial charge in [0, 0.05) is 91.9 Å². The molecule has 4 aromatic carbocycles. The van der Waals surface area contributed by atoms with Crippen LogP contribution in [-0.4, -0.2) is 285 Å². The van der Waals surface area contributed by atoms with Crippen LogP contribution in [0.1, 0.15) is 134 Å². The molecule has 2 aromatic heterocycles. The maximum atomic E-state index is 15.8. The average Bonchev–Trinajstić information content (AvgIpc) is 1.65. The van der Waals surface area contributed by atoms with Crippen LogP contribution in [0.5, 0.6) is 0 Å². The van der Waals surface area contributed by atoms with Crippen molar-refractivity contribution in [1.82, 2.24) is 99.9 Å². The number of carboxylic acid groups (broad SMARTS) is 1. The minimum absolute atomic E-state index is 0.0164. The topological polar surface area (TPSA) is 664 Å². The van der Waals surface area contributed by atoms with Gasteiger partial charge >= 0.3 is 5.97 Å². The van der Waals surface area contributed by atoms with Gasteiger partial charge in [-0.25, -0.2) is 0 Å². The van der Waals surface area contributed by atoms with Gasteiger partial charge in [0.15, 0.2) is 0 Å². The Kier molecular flexibility index (Phi) is 39.6. The van der Waals surface area contributed by atoms with E-state index in [2.05, 4.69) is 95.0 Å². The van der Waals surface area contributed by atoms with Crippen LogP contribution in [0.4, 0.5) is 0 Å². The van der Waals surface area contributed by atoms with Gasteiger partial charge < -0.3 is 127 Å². The number of amides is 18. The third kappa shape index (κ3) is 31.1. The Morgan fingerprint density at radius 1 is 0.537 bits per heavy atom. The van der Waals surface area contributed by atoms with Crippen LogP contribution in [0, 0.1) is 11.8 Å². The Morgan fingerprint density at radius 2 is 1.12 bits per heavy atom. The Labute approximate surface area is 790 Å². The first-order valence-electron chi connectivity index (χ1n) is 45.4. The summed E-state index contributed by atoms with van der Waals surface area (Å²) in [4.78, 5) is 278. The van der Waals surface area contributed by atoms with Crippen molar-refractivity contribution in [3.05, 3.63) is 120 Å². The number of carbonyl (C=O) groups excluding carboxylic acids is 18.